The summed E-state index contributed by atoms with van der Waals surface area (Å²) in [4.78, 5) is 33.7. The quantitative estimate of drug-likeness (QED) is 0.177. The predicted molar refractivity (Wildman–Crippen MR) is 176 cm³/mol. The average Bonchev–Trinajstić information content (AvgIpc) is 3.87. The molecule has 0 saturated carbocycles. The van der Waals surface area contributed by atoms with E-state index in [2.05, 4.69) is 20.8 Å². The van der Waals surface area contributed by atoms with Crippen LogP contribution in [-0.4, -0.2) is 34.1 Å². The Morgan fingerprint density at radius 1 is 1.09 bits per heavy atom. The number of methoxy groups -OCH3 is 1. The number of amides is 2. The third-order valence-corrected chi connectivity index (χ3v) is 10.0. The number of carbonyl (C=O) groups excluding carboxylic acids is 2. The number of fused-ring (bicyclic) bond motifs is 2. The first-order valence-corrected chi connectivity index (χ1v) is 16.5. The van der Waals surface area contributed by atoms with Crippen LogP contribution in [0.5, 0.6) is 5.75 Å². The summed E-state index contributed by atoms with van der Waals surface area (Å²) in [5.41, 5.74) is 6.11. The molecule has 47 heavy (non-hydrogen) atoms. The summed E-state index contributed by atoms with van der Waals surface area (Å²) in [5.74, 6) is 0.815. The first kappa shape index (κ1) is 30.7. The van der Waals surface area contributed by atoms with Crippen molar-refractivity contribution in [1.82, 2.24) is 25.8 Å². The van der Waals surface area contributed by atoms with Gasteiger partial charge in [0, 0.05) is 17.4 Å². The molecule has 2 aromatic carbocycles. The number of benzene rings is 2. The fourth-order valence-electron chi connectivity index (χ4n) is 6.63. The molecule has 0 spiro atoms. The van der Waals surface area contributed by atoms with E-state index in [0.717, 1.165) is 40.2 Å². The highest BCUT2D eigenvalue weighted by Gasteiger charge is 2.39. The lowest BCUT2D eigenvalue weighted by atomic mass is 9.92. The predicted octanol–water partition coefficient (Wildman–Crippen LogP) is 6.96. The summed E-state index contributed by atoms with van der Waals surface area (Å²) in [6.45, 7) is 5.79. The van der Waals surface area contributed by atoms with Gasteiger partial charge in [-0.3, -0.25) is 14.6 Å². The molecule has 2 atom stereocenters. The van der Waals surface area contributed by atoms with Crippen LogP contribution in [0, 0.1) is 18.7 Å². The van der Waals surface area contributed by atoms with E-state index in [-0.39, 0.29) is 41.5 Å². The molecule has 0 radical (unpaired) electrons. The van der Waals surface area contributed by atoms with Crippen molar-refractivity contribution < 1.29 is 23.1 Å². The molecule has 1 aliphatic heterocycles. The normalized spacial score (nSPS) is 16.7. The maximum Gasteiger partial charge on any atom is 0.261 e. The maximum atomic E-state index is 13.7. The van der Waals surface area contributed by atoms with Crippen molar-refractivity contribution in [3.63, 3.8) is 0 Å². The van der Waals surface area contributed by atoms with E-state index in [1.54, 1.807) is 32.2 Å². The van der Waals surface area contributed by atoms with E-state index in [1.165, 1.54) is 23.5 Å². The molecule has 5 aromatic rings. The second-order valence-corrected chi connectivity index (χ2v) is 13.4. The number of hydrogen-bond acceptors (Lipinski definition) is 8. The maximum absolute atomic E-state index is 13.7. The highest BCUT2D eigenvalue weighted by atomic mass is 32.1. The summed E-state index contributed by atoms with van der Waals surface area (Å²) in [5, 5.41) is 14.8. The molecular weight excluding hydrogens is 617 g/mol. The zero-order chi connectivity index (χ0) is 32.8. The minimum Gasteiger partial charge on any atom is -0.496 e. The summed E-state index contributed by atoms with van der Waals surface area (Å²) in [7, 11) is 1.66. The fraction of sp³-hybridized carbons (Fsp3) is 0.306. The van der Waals surface area contributed by atoms with Crippen LogP contribution in [0.15, 0.2) is 59.0 Å². The number of thiophene rings is 1. The Balaban J connectivity index is 1.31. The Morgan fingerprint density at radius 3 is 2.62 bits per heavy atom. The van der Waals surface area contributed by atoms with Gasteiger partial charge in [0.2, 0.25) is 11.8 Å². The Bertz CT molecular complexity index is 2000. The van der Waals surface area contributed by atoms with Crippen molar-refractivity contribution in [1.29, 1.82) is 0 Å². The second-order valence-electron chi connectivity index (χ2n) is 12.3. The van der Waals surface area contributed by atoms with E-state index in [9.17, 15) is 14.0 Å². The molecule has 7 rings (SSSR count). The Kier molecular flexibility index (Phi) is 8.09. The van der Waals surface area contributed by atoms with E-state index in [4.69, 9.17) is 14.1 Å². The van der Waals surface area contributed by atoms with Gasteiger partial charge in [0.15, 0.2) is 0 Å². The first-order chi connectivity index (χ1) is 22.7. The van der Waals surface area contributed by atoms with Crippen LogP contribution in [0.3, 0.4) is 0 Å². The molecule has 1 aliphatic carbocycles. The zero-order valence-electron chi connectivity index (χ0n) is 26.5. The minimum atomic E-state index is -0.299. The van der Waals surface area contributed by atoms with Crippen molar-refractivity contribution in [3.8, 4) is 27.6 Å². The van der Waals surface area contributed by atoms with Gasteiger partial charge in [0.25, 0.3) is 11.8 Å². The topological polar surface area (TPSA) is 119 Å². The molecule has 3 aromatic heterocycles. The highest BCUT2D eigenvalue weighted by molar-refractivity contribution is 7.17. The van der Waals surface area contributed by atoms with Crippen molar-refractivity contribution in [3.05, 3.63) is 105 Å². The van der Waals surface area contributed by atoms with Gasteiger partial charge in [-0.05, 0) is 78.6 Å². The third kappa shape index (κ3) is 5.69. The third-order valence-electron chi connectivity index (χ3n) is 8.91. The van der Waals surface area contributed by atoms with E-state index < -0.39 is 0 Å². The van der Waals surface area contributed by atoms with Gasteiger partial charge in [-0.1, -0.05) is 38.1 Å². The lowest BCUT2D eigenvalue weighted by Crippen LogP contribution is -2.26. The van der Waals surface area contributed by atoms with Gasteiger partial charge in [-0.2, -0.15) is 0 Å². The zero-order valence-corrected chi connectivity index (χ0v) is 27.3. The van der Waals surface area contributed by atoms with Crippen molar-refractivity contribution in [2.75, 3.05) is 7.11 Å². The van der Waals surface area contributed by atoms with Gasteiger partial charge < -0.3 is 19.8 Å². The summed E-state index contributed by atoms with van der Waals surface area (Å²) in [6, 6.07) is 15.5. The van der Waals surface area contributed by atoms with Gasteiger partial charge in [0.05, 0.1) is 46.6 Å². The van der Waals surface area contributed by atoms with Gasteiger partial charge in [-0.25, -0.2) is 4.39 Å². The lowest BCUT2D eigenvalue weighted by molar-refractivity contribution is 0.0936. The summed E-state index contributed by atoms with van der Waals surface area (Å²) >= 11 is 1.31. The molecule has 2 aliphatic rings. The smallest absolute Gasteiger partial charge is 0.261 e. The monoisotopic (exact) mass is 651 g/mol. The number of aryl methyl sites for hydroxylation is 3. The van der Waals surface area contributed by atoms with Crippen molar-refractivity contribution in [2.45, 2.75) is 58.5 Å². The Labute approximate surface area is 275 Å². The van der Waals surface area contributed by atoms with E-state index in [1.807, 2.05) is 38.1 Å². The molecular formula is C36H34FN5O4S. The van der Waals surface area contributed by atoms with Gasteiger partial charge >= 0.3 is 0 Å². The second kappa shape index (κ2) is 12.4. The van der Waals surface area contributed by atoms with E-state index >= 15 is 0 Å². The fourth-order valence-corrected chi connectivity index (χ4v) is 7.60. The van der Waals surface area contributed by atoms with Crippen LogP contribution >= 0.6 is 11.3 Å². The molecule has 9 nitrogen and oxygen atoms in total. The van der Waals surface area contributed by atoms with Crippen LogP contribution in [0.2, 0.25) is 0 Å². The average molecular weight is 652 g/mol. The molecule has 0 saturated heterocycles. The number of nitrogens with zero attached hydrogens (tertiary/aromatic N) is 3. The minimum absolute atomic E-state index is 0.0829. The van der Waals surface area contributed by atoms with Crippen LogP contribution < -0.4 is 15.4 Å². The first-order valence-electron chi connectivity index (χ1n) is 15.7. The van der Waals surface area contributed by atoms with Gasteiger partial charge in [0.1, 0.15) is 11.6 Å². The van der Waals surface area contributed by atoms with Crippen LogP contribution in [0.1, 0.15) is 86.4 Å². The standard InChI is InChI=1S/C36H34FN5O4S/c1-18(2)32-33-31(35(44)40-32)30(29(36-42-41-19(3)46-36)25(38-33)14-10-20-8-11-21(37)12-9-20)27-16-17-28(47-27)34(43)39-24-15-13-23-22(24)6-5-7-26(23)45-4/h5-9,11-12,16-18,24,32H,10,13-15H2,1-4H3,(H,39,43)(H,40,44). The molecule has 4 heterocycles. The number of pyridine rings is 1. The number of carbonyl (C=O) groups is 2. The molecule has 0 fully saturated rings. The molecule has 2 N–H and O–H groups in total. The van der Waals surface area contributed by atoms with Crippen LogP contribution in [-0.2, 0) is 19.3 Å². The van der Waals surface area contributed by atoms with Crippen LogP contribution in [0.25, 0.3) is 21.9 Å². The highest BCUT2D eigenvalue weighted by Crippen LogP contribution is 2.45. The summed E-state index contributed by atoms with van der Waals surface area (Å²) in [6.07, 6.45) is 2.66. The Morgan fingerprint density at radius 2 is 1.89 bits per heavy atom. The van der Waals surface area contributed by atoms with Crippen molar-refractivity contribution in [2.24, 2.45) is 5.92 Å². The Hall–Kier alpha value is -4.90. The molecule has 11 heteroatoms. The number of aromatic nitrogens is 3. The van der Waals surface area contributed by atoms with E-state index in [0.29, 0.717) is 51.7 Å². The van der Waals surface area contributed by atoms with Crippen molar-refractivity contribution >= 4 is 23.2 Å². The number of nitrogens with one attached hydrogen (secondary N) is 2. The number of halogens is 1. The lowest BCUT2D eigenvalue weighted by Gasteiger charge is -2.18. The van der Waals surface area contributed by atoms with Gasteiger partial charge in [-0.15, -0.1) is 21.5 Å². The summed E-state index contributed by atoms with van der Waals surface area (Å²) < 4.78 is 25.2. The molecule has 240 valence electrons. The van der Waals surface area contributed by atoms with Crippen LogP contribution in [0.4, 0.5) is 4.39 Å². The SMILES string of the molecule is COc1cccc2c1CCC2NC(=O)c1ccc(-c2c3c(nc(CCc4ccc(F)cc4)c2-c2nnc(C)o2)C(C(C)C)NC3=O)s1. The number of ether oxygens (including phenoxy) is 1. The molecule has 0 bridgehead atoms. The number of rotatable bonds is 9. The molecule has 2 unspecified atom stereocenters. The largest absolute Gasteiger partial charge is 0.496 e. The molecule has 2 amide bonds. The number of hydrogen-bond donors (Lipinski definition) is 2.